The van der Waals surface area contributed by atoms with Gasteiger partial charge in [-0.25, -0.2) is 4.99 Å². The molecule has 2 rings (SSSR count). The van der Waals surface area contributed by atoms with Crippen molar-refractivity contribution in [2.24, 2.45) is 4.99 Å². The second-order valence-electron chi connectivity index (χ2n) is 6.13. The quantitative estimate of drug-likeness (QED) is 0.451. The fraction of sp³-hybridized carbons (Fsp3) is 0.409. The van der Waals surface area contributed by atoms with Crippen molar-refractivity contribution in [3.63, 3.8) is 0 Å². The van der Waals surface area contributed by atoms with Gasteiger partial charge in [0.05, 0.1) is 47.2 Å². The van der Waals surface area contributed by atoms with Crippen LogP contribution < -0.4 is 34.3 Å². The highest BCUT2D eigenvalue weighted by Crippen LogP contribution is 2.34. The summed E-state index contributed by atoms with van der Waals surface area (Å²) in [5.41, 5.74) is 1.64. The monoisotopic (exact) mass is 417 g/mol. The molecule has 0 fully saturated rings. The van der Waals surface area contributed by atoms with Crippen molar-refractivity contribution >= 4 is 11.6 Å². The molecule has 2 aromatic carbocycles. The molecule has 164 valence electrons. The summed E-state index contributed by atoms with van der Waals surface area (Å²) in [5.74, 6) is 3.91. The standard InChI is InChI=1S/C22H31N3O5/c1-7-23-22(25-15-9-10-18(30-8-2)21(11-15)29-6)24-14-17-19(27-4)12-16(26-3)13-20(17)28-5/h9-13H,7-8,14H2,1-6H3,(H2,23,24,25). The lowest BCUT2D eigenvalue weighted by molar-refractivity contribution is 0.311. The number of hydrogen-bond acceptors (Lipinski definition) is 6. The molecule has 0 aromatic heterocycles. The van der Waals surface area contributed by atoms with E-state index in [0.29, 0.717) is 54.4 Å². The second kappa shape index (κ2) is 11.6. The molecule has 0 saturated heterocycles. The van der Waals surface area contributed by atoms with Gasteiger partial charge in [-0.1, -0.05) is 0 Å². The Kier molecular flexibility index (Phi) is 8.93. The van der Waals surface area contributed by atoms with E-state index < -0.39 is 0 Å². The Labute approximate surface area is 178 Å². The van der Waals surface area contributed by atoms with Crippen molar-refractivity contribution in [3.8, 4) is 28.7 Å². The number of methoxy groups -OCH3 is 4. The number of rotatable bonds is 10. The molecule has 2 aromatic rings. The number of ether oxygens (including phenoxy) is 5. The van der Waals surface area contributed by atoms with E-state index in [4.69, 9.17) is 23.7 Å². The molecular weight excluding hydrogens is 386 g/mol. The number of hydrogen-bond donors (Lipinski definition) is 2. The van der Waals surface area contributed by atoms with Crippen LogP contribution in [0.1, 0.15) is 19.4 Å². The van der Waals surface area contributed by atoms with Gasteiger partial charge in [0.1, 0.15) is 17.2 Å². The summed E-state index contributed by atoms with van der Waals surface area (Å²) in [6.45, 7) is 5.56. The highest BCUT2D eigenvalue weighted by molar-refractivity contribution is 5.94. The van der Waals surface area contributed by atoms with Crippen LogP contribution in [-0.4, -0.2) is 47.6 Å². The lowest BCUT2D eigenvalue weighted by Crippen LogP contribution is -2.30. The van der Waals surface area contributed by atoms with Gasteiger partial charge in [0.25, 0.3) is 0 Å². The first-order valence-corrected chi connectivity index (χ1v) is 9.75. The molecule has 8 heteroatoms. The molecule has 0 amide bonds. The molecule has 0 spiro atoms. The minimum atomic E-state index is 0.347. The number of anilines is 1. The molecule has 0 radical (unpaired) electrons. The van der Waals surface area contributed by atoms with Gasteiger partial charge in [0.15, 0.2) is 17.5 Å². The third-order valence-electron chi connectivity index (χ3n) is 4.28. The van der Waals surface area contributed by atoms with Gasteiger partial charge < -0.3 is 34.3 Å². The Morgan fingerprint density at radius 3 is 2.03 bits per heavy atom. The molecule has 8 nitrogen and oxygen atoms in total. The average molecular weight is 418 g/mol. The van der Waals surface area contributed by atoms with E-state index in [0.717, 1.165) is 11.3 Å². The largest absolute Gasteiger partial charge is 0.496 e. The SMILES string of the molecule is CCNC(=NCc1c(OC)cc(OC)cc1OC)Nc1ccc(OCC)c(OC)c1. The molecular formula is C22H31N3O5. The topological polar surface area (TPSA) is 82.6 Å². The van der Waals surface area contributed by atoms with Crippen molar-refractivity contribution in [2.45, 2.75) is 20.4 Å². The Morgan fingerprint density at radius 2 is 1.50 bits per heavy atom. The first-order chi connectivity index (χ1) is 14.6. The predicted octanol–water partition coefficient (Wildman–Crippen LogP) is 3.70. The van der Waals surface area contributed by atoms with Crippen molar-refractivity contribution in [2.75, 3.05) is 46.9 Å². The van der Waals surface area contributed by atoms with Crippen LogP contribution in [0.25, 0.3) is 0 Å². The molecule has 0 aliphatic rings. The summed E-state index contributed by atoms with van der Waals surface area (Å²) < 4.78 is 27.3. The van der Waals surface area contributed by atoms with E-state index in [-0.39, 0.29) is 0 Å². The summed E-state index contributed by atoms with van der Waals surface area (Å²) in [6.07, 6.45) is 0. The van der Waals surface area contributed by atoms with E-state index >= 15 is 0 Å². The van der Waals surface area contributed by atoms with Gasteiger partial charge in [-0.15, -0.1) is 0 Å². The average Bonchev–Trinajstić information content (AvgIpc) is 2.78. The van der Waals surface area contributed by atoms with Crippen LogP contribution in [0.3, 0.4) is 0 Å². The van der Waals surface area contributed by atoms with Gasteiger partial charge in [-0.2, -0.15) is 0 Å². The third-order valence-corrected chi connectivity index (χ3v) is 4.28. The number of nitrogens with one attached hydrogen (secondary N) is 2. The zero-order valence-corrected chi connectivity index (χ0v) is 18.5. The molecule has 2 N–H and O–H groups in total. The number of aliphatic imine (C=N–C) groups is 1. The molecule has 0 heterocycles. The normalized spacial score (nSPS) is 10.9. The minimum absolute atomic E-state index is 0.347. The highest BCUT2D eigenvalue weighted by atomic mass is 16.5. The highest BCUT2D eigenvalue weighted by Gasteiger charge is 2.14. The van der Waals surface area contributed by atoms with Crippen molar-refractivity contribution in [1.29, 1.82) is 0 Å². The lowest BCUT2D eigenvalue weighted by atomic mass is 10.1. The van der Waals surface area contributed by atoms with E-state index in [1.165, 1.54) is 0 Å². The summed E-state index contributed by atoms with van der Waals surface area (Å²) >= 11 is 0. The van der Waals surface area contributed by atoms with Gasteiger partial charge >= 0.3 is 0 Å². The van der Waals surface area contributed by atoms with Crippen molar-refractivity contribution < 1.29 is 23.7 Å². The smallest absolute Gasteiger partial charge is 0.196 e. The van der Waals surface area contributed by atoms with Crippen LogP contribution in [0.5, 0.6) is 28.7 Å². The van der Waals surface area contributed by atoms with E-state index in [9.17, 15) is 0 Å². The van der Waals surface area contributed by atoms with Crippen molar-refractivity contribution in [1.82, 2.24) is 5.32 Å². The number of guanidine groups is 1. The Hall–Kier alpha value is -3.29. The number of nitrogens with zero attached hydrogens (tertiary/aromatic N) is 1. The maximum atomic E-state index is 5.57. The van der Waals surface area contributed by atoms with Crippen molar-refractivity contribution in [3.05, 3.63) is 35.9 Å². The summed E-state index contributed by atoms with van der Waals surface area (Å²) in [5, 5.41) is 6.53. The summed E-state index contributed by atoms with van der Waals surface area (Å²) in [6, 6.07) is 9.27. The van der Waals surface area contributed by atoms with Crippen LogP contribution in [0.4, 0.5) is 5.69 Å². The molecule has 0 aliphatic carbocycles. The Balaban J connectivity index is 2.29. The Bertz CT molecular complexity index is 830. The van der Waals surface area contributed by atoms with Gasteiger partial charge in [0.2, 0.25) is 0 Å². The third kappa shape index (κ3) is 5.85. The molecule has 30 heavy (non-hydrogen) atoms. The zero-order valence-electron chi connectivity index (χ0n) is 18.5. The predicted molar refractivity (Wildman–Crippen MR) is 119 cm³/mol. The summed E-state index contributed by atoms with van der Waals surface area (Å²) in [7, 11) is 6.43. The molecule has 0 bridgehead atoms. The molecule has 0 aliphatic heterocycles. The maximum Gasteiger partial charge on any atom is 0.196 e. The fourth-order valence-corrected chi connectivity index (χ4v) is 2.86. The van der Waals surface area contributed by atoms with Gasteiger partial charge in [0, 0.05) is 30.4 Å². The van der Waals surface area contributed by atoms with Crippen LogP contribution in [-0.2, 0) is 6.54 Å². The van der Waals surface area contributed by atoms with E-state index in [1.807, 2.05) is 44.2 Å². The number of benzene rings is 2. The molecule has 0 atom stereocenters. The first-order valence-electron chi connectivity index (χ1n) is 9.75. The van der Waals surface area contributed by atoms with Crippen LogP contribution in [0.15, 0.2) is 35.3 Å². The second-order valence-corrected chi connectivity index (χ2v) is 6.13. The fourth-order valence-electron chi connectivity index (χ4n) is 2.86. The van der Waals surface area contributed by atoms with Gasteiger partial charge in [-0.05, 0) is 26.0 Å². The molecule has 0 unspecified atom stereocenters. The van der Waals surface area contributed by atoms with Crippen LogP contribution >= 0.6 is 0 Å². The zero-order chi connectivity index (χ0) is 21.9. The minimum Gasteiger partial charge on any atom is -0.496 e. The Morgan fingerprint density at radius 1 is 0.833 bits per heavy atom. The lowest BCUT2D eigenvalue weighted by Gasteiger charge is -2.16. The van der Waals surface area contributed by atoms with E-state index in [1.54, 1.807) is 28.4 Å². The first kappa shape index (κ1) is 23.0. The molecule has 0 saturated carbocycles. The maximum absolute atomic E-state index is 5.57. The van der Waals surface area contributed by atoms with Gasteiger partial charge in [-0.3, -0.25) is 0 Å². The van der Waals surface area contributed by atoms with E-state index in [2.05, 4.69) is 15.6 Å². The van der Waals surface area contributed by atoms with Crippen LogP contribution in [0.2, 0.25) is 0 Å². The summed E-state index contributed by atoms with van der Waals surface area (Å²) in [4.78, 5) is 4.69. The van der Waals surface area contributed by atoms with Crippen LogP contribution in [0, 0.1) is 0 Å².